The zero-order chi connectivity index (χ0) is 32.6. The van der Waals surface area contributed by atoms with Crippen LogP contribution in [-0.2, 0) is 24.5 Å². The van der Waals surface area contributed by atoms with Crippen molar-refractivity contribution in [2.75, 3.05) is 11.4 Å². The lowest BCUT2D eigenvalue weighted by Crippen LogP contribution is -2.60. The molecule has 0 N–H and O–H groups in total. The summed E-state index contributed by atoms with van der Waals surface area (Å²) in [6.45, 7) is 1.64. The molecular formula is C21H11F15N2O4. The van der Waals surface area contributed by atoms with Crippen LogP contribution in [0.4, 0.5) is 71.5 Å². The molecule has 0 aliphatic carbocycles. The zero-order valence-corrected chi connectivity index (χ0v) is 19.7. The van der Waals surface area contributed by atoms with E-state index in [1.807, 2.05) is 0 Å². The third kappa shape index (κ3) is 4.50. The SMILES string of the molecule is C=C1N(C(=O)C(F)(F)C(F)(F)F)CC[C@]12c1ccccc1N(C(=O)C(F)(F)C(F)(F)F)[C@H]2OC(=O)C(F)(F)C(F)(F)F. The molecule has 6 nitrogen and oxygen atoms in total. The Morgan fingerprint density at radius 1 is 0.738 bits per heavy atom. The molecule has 1 fully saturated rings. The molecule has 21 heteroatoms. The van der Waals surface area contributed by atoms with E-state index in [0.29, 0.717) is 12.1 Å². The molecular weight excluding hydrogens is 629 g/mol. The fraction of sp³-hybridized carbons (Fsp3) is 0.476. The van der Waals surface area contributed by atoms with Gasteiger partial charge in [-0.25, -0.2) is 4.79 Å². The number of nitrogens with zero attached hydrogens (tertiary/aromatic N) is 2. The largest absolute Gasteiger partial charge is 0.465 e. The van der Waals surface area contributed by atoms with E-state index in [4.69, 9.17) is 0 Å². The van der Waals surface area contributed by atoms with Gasteiger partial charge in [0.15, 0.2) is 6.23 Å². The van der Waals surface area contributed by atoms with Crippen LogP contribution < -0.4 is 4.90 Å². The summed E-state index contributed by atoms with van der Waals surface area (Å²) >= 11 is 0. The number of likely N-dealkylation sites (tertiary alicyclic amines) is 1. The number of fused-ring (bicyclic) bond motifs is 2. The predicted molar refractivity (Wildman–Crippen MR) is 104 cm³/mol. The number of halogens is 15. The minimum absolute atomic E-state index is 0.485. The maximum absolute atomic E-state index is 14.2. The molecule has 1 aromatic carbocycles. The van der Waals surface area contributed by atoms with Crippen LogP contribution >= 0.6 is 0 Å². The highest BCUT2D eigenvalue weighted by molar-refractivity contribution is 6.03. The fourth-order valence-electron chi connectivity index (χ4n) is 4.35. The number of amides is 2. The van der Waals surface area contributed by atoms with Gasteiger partial charge in [0.25, 0.3) is 0 Å². The van der Waals surface area contributed by atoms with Gasteiger partial charge in [-0.1, -0.05) is 24.8 Å². The first-order valence-corrected chi connectivity index (χ1v) is 10.7. The highest BCUT2D eigenvalue weighted by Gasteiger charge is 2.73. The maximum Gasteiger partial charge on any atom is 0.465 e. The quantitative estimate of drug-likeness (QED) is 0.323. The van der Waals surface area contributed by atoms with Crippen LogP contribution in [0, 0.1) is 0 Å². The minimum Gasteiger partial charge on any atom is -0.435 e. The molecule has 1 saturated heterocycles. The van der Waals surface area contributed by atoms with E-state index in [1.54, 1.807) is 0 Å². The first-order chi connectivity index (χ1) is 18.7. The number of carbonyl (C=O) groups is 3. The van der Waals surface area contributed by atoms with E-state index in [2.05, 4.69) is 11.3 Å². The summed E-state index contributed by atoms with van der Waals surface area (Å²) in [6, 6.07) is 2.80. The van der Waals surface area contributed by atoms with Crippen molar-refractivity contribution in [2.45, 2.75) is 54.4 Å². The monoisotopic (exact) mass is 640 g/mol. The third-order valence-electron chi connectivity index (χ3n) is 6.42. The number of carbonyl (C=O) groups excluding carboxylic acids is 3. The lowest BCUT2D eigenvalue weighted by molar-refractivity contribution is -0.283. The first kappa shape index (κ1) is 32.8. The van der Waals surface area contributed by atoms with Gasteiger partial charge in [-0.15, -0.1) is 0 Å². The summed E-state index contributed by atoms with van der Waals surface area (Å²) in [5.74, 6) is -29.5. The van der Waals surface area contributed by atoms with Crippen molar-refractivity contribution in [1.29, 1.82) is 0 Å². The molecule has 0 bridgehead atoms. The summed E-state index contributed by atoms with van der Waals surface area (Å²) in [6.07, 6.45) is -24.9. The summed E-state index contributed by atoms with van der Waals surface area (Å²) in [7, 11) is 0. The standard InChI is InChI=1S/C21H11F15N2O4/c1-8-15(6-7-37(8)11(39)16(22,23)19(28,29)30)9-4-2-3-5-10(9)38(12(40)17(24,25)20(31,32)33)13(15)42-14(41)18(26,27)21(34,35)36/h2-5,13H,1,6-7H2/t13-,15+/m0/s1. The molecule has 2 aliphatic heterocycles. The molecule has 42 heavy (non-hydrogen) atoms. The number of hydrogen-bond donors (Lipinski definition) is 0. The highest BCUT2D eigenvalue weighted by Crippen LogP contribution is 2.58. The second-order valence-corrected chi connectivity index (χ2v) is 8.79. The summed E-state index contributed by atoms with van der Waals surface area (Å²) in [5, 5.41) is 0. The third-order valence-corrected chi connectivity index (χ3v) is 6.42. The number of anilines is 1. The molecule has 0 unspecified atom stereocenters. The number of benzene rings is 1. The Morgan fingerprint density at radius 2 is 1.19 bits per heavy atom. The van der Waals surface area contributed by atoms with E-state index in [-0.39, 0.29) is 0 Å². The van der Waals surface area contributed by atoms with Gasteiger partial charge in [0, 0.05) is 12.2 Å². The molecule has 3 rings (SSSR count). The second-order valence-electron chi connectivity index (χ2n) is 8.79. The van der Waals surface area contributed by atoms with E-state index in [9.17, 15) is 80.2 Å². The minimum atomic E-state index is -6.78. The van der Waals surface area contributed by atoms with Crippen LogP contribution in [0.2, 0.25) is 0 Å². The lowest BCUT2D eigenvalue weighted by atomic mass is 9.77. The molecule has 2 heterocycles. The number of hydrogen-bond acceptors (Lipinski definition) is 4. The van der Waals surface area contributed by atoms with Crippen molar-refractivity contribution in [3.8, 4) is 0 Å². The number of ether oxygens (including phenoxy) is 1. The molecule has 2 aliphatic rings. The normalized spacial score (nSPS) is 22.1. The van der Waals surface area contributed by atoms with Crippen LogP contribution in [0.5, 0.6) is 0 Å². The van der Waals surface area contributed by atoms with E-state index in [0.717, 1.165) is 12.1 Å². The number of esters is 1. The van der Waals surface area contributed by atoms with Gasteiger partial charge in [-0.05, 0) is 18.1 Å². The van der Waals surface area contributed by atoms with Crippen LogP contribution in [0.3, 0.4) is 0 Å². The molecule has 1 spiro atoms. The van der Waals surface area contributed by atoms with Gasteiger partial charge in [-0.3, -0.25) is 14.5 Å². The molecule has 2 atom stereocenters. The van der Waals surface area contributed by atoms with Gasteiger partial charge < -0.3 is 9.64 Å². The fourth-order valence-corrected chi connectivity index (χ4v) is 4.35. The van der Waals surface area contributed by atoms with E-state index < -0.39 is 105 Å². The maximum atomic E-state index is 14.2. The van der Waals surface area contributed by atoms with Crippen molar-refractivity contribution < 1.29 is 85.0 Å². The average molecular weight is 640 g/mol. The summed E-state index contributed by atoms with van der Waals surface area (Å²) in [5.41, 5.74) is -6.62. The number of rotatable bonds is 4. The van der Waals surface area contributed by atoms with Crippen LogP contribution in [0.25, 0.3) is 0 Å². The molecule has 0 saturated carbocycles. The topological polar surface area (TPSA) is 66.9 Å². The number of alkyl halides is 15. The highest BCUT2D eigenvalue weighted by atomic mass is 19.4. The number of para-hydroxylation sites is 1. The Hall–Kier alpha value is -3.68. The van der Waals surface area contributed by atoms with Gasteiger partial charge in [0.1, 0.15) is 0 Å². The van der Waals surface area contributed by atoms with E-state index in [1.165, 1.54) is 0 Å². The smallest absolute Gasteiger partial charge is 0.435 e. The Balaban J connectivity index is 2.28. The molecule has 2 amide bonds. The van der Waals surface area contributed by atoms with Crippen molar-refractivity contribution in [3.05, 3.63) is 42.1 Å². The van der Waals surface area contributed by atoms with Gasteiger partial charge in [-0.2, -0.15) is 65.9 Å². The molecule has 1 aromatic rings. The van der Waals surface area contributed by atoms with E-state index >= 15 is 0 Å². The van der Waals surface area contributed by atoms with Crippen LogP contribution in [0.15, 0.2) is 36.5 Å². The lowest BCUT2D eigenvalue weighted by Gasteiger charge is -2.38. The molecule has 0 radical (unpaired) electrons. The van der Waals surface area contributed by atoms with Gasteiger partial charge in [0.05, 0.1) is 11.1 Å². The predicted octanol–water partition coefficient (Wildman–Crippen LogP) is 5.48. The Kier molecular flexibility index (Phi) is 7.36. The van der Waals surface area contributed by atoms with Crippen LogP contribution in [-0.4, -0.2) is 71.8 Å². The molecule has 234 valence electrons. The van der Waals surface area contributed by atoms with Gasteiger partial charge >= 0.3 is 54.1 Å². The van der Waals surface area contributed by atoms with Crippen molar-refractivity contribution in [1.82, 2.24) is 4.90 Å². The Morgan fingerprint density at radius 3 is 1.67 bits per heavy atom. The van der Waals surface area contributed by atoms with Crippen molar-refractivity contribution in [3.63, 3.8) is 0 Å². The van der Waals surface area contributed by atoms with Gasteiger partial charge in [0.2, 0.25) is 0 Å². The Bertz CT molecular complexity index is 1320. The average Bonchev–Trinajstić information content (AvgIpc) is 3.31. The first-order valence-electron chi connectivity index (χ1n) is 10.7. The Labute approximate surface area is 222 Å². The zero-order valence-electron chi connectivity index (χ0n) is 19.7. The second kappa shape index (κ2) is 9.41. The summed E-state index contributed by atoms with van der Waals surface area (Å²) < 4.78 is 204. The van der Waals surface area contributed by atoms with Crippen molar-refractivity contribution in [2.24, 2.45) is 0 Å². The summed E-state index contributed by atoms with van der Waals surface area (Å²) in [4.78, 5) is 35.3. The molecule has 0 aromatic heterocycles. The van der Waals surface area contributed by atoms with Crippen molar-refractivity contribution >= 4 is 23.5 Å². The van der Waals surface area contributed by atoms with Crippen LogP contribution in [0.1, 0.15) is 12.0 Å².